The second kappa shape index (κ2) is 11.1. The zero-order valence-electron chi connectivity index (χ0n) is 16.6. The van der Waals surface area contributed by atoms with Crippen LogP contribution in [-0.4, -0.2) is 27.5 Å². The van der Waals surface area contributed by atoms with Crippen molar-refractivity contribution in [1.82, 2.24) is 20.6 Å². The molecule has 3 N–H and O–H groups in total. The van der Waals surface area contributed by atoms with E-state index >= 15 is 0 Å². The molecule has 1 heterocycles. The van der Waals surface area contributed by atoms with Crippen molar-refractivity contribution in [1.29, 1.82) is 0 Å². The van der Waals surface area contributed by atoms with Crippen molar-refractivity contribution in [3.8, 4) is 0 Å². The van der Waals surface area contributed by atoms with Crippen LogP contribution in [0.15, 0.2) is 70.6 Å². The minimum atomic E-state index is -0.393. The van der Waals surface area contributed by atoms with Crippen LogP contribution in [-0.2, 0) is 29.1 Å². The zero-order valence-corrected chi connectivity index (χ0v) is 17.4. The molecule has 2 amide bonds. The zero-order chi connectivity index (χ0) is 22.1. The minimum Gasteiger partial charge on any atom is -0.352 e. The third kappa shape index (κ3) is 7.71. The molecule has 0 aliphatic carbocycles. The predicted octanol–water partition coefficient (Wildman–Crippen LogP) is 2.18. The van der Waals surface area contributed by atoms with Gasteiger partial charge in [-0.3, -0.25) is 14.4 Å². The van der Waals surface area contributed by atoms with Gasteiger partial charge in [0.05, 0.1) is 17.9 Å². The van der Waals surface area contributed by atoms with E-state index in [0.717, 1.165) is 22.9 Å². The summed E-state index contributed by atoms with van der Waals surface area (Å²) in [4.78, 5) is 42.9. The van der Waals surface area contributed by atoms with Crippen molar-refractivity contribution in [2.75, 3.05) is 5.75 Å². The van der Waals surface area contributed by atoms with Gasteiger partial charge in [-0.05, 0) is 23.3 Å². The fourth-order valence-corrected chi connectivity index (χ4v) is 3.38. The topological polar surface area (TPSA) is 104 Å². The van der Waals surface area contributed by atoms with Crippen molar-refractivity contribution in [2.45, 2.75) is 24.7 Å². The van der Waals surface area contributed by atoms with Gasteiger partial charge in [-0.2, -0.15) is 0 Å². The molecule has 0 atom stereocenters. The molecule has 0 fully saturated rings. The van der Waals surface area contributed by atoms with Crippen molar-refractivity contribution in [3.05, 3.63) is 93.7 Å². The summed E-state index contributed by atoms with van der Waals surface area (Å²) < 4.78 is 12.9. The number of benzene rings is 2. The summed E-state index contributed by atoms with van der Waals surface area (Å²) >= 11 is 1.06. The Morgan fingerprint density at radius 1 is 0.935 bits per heavy atom. The number of halogens is 1. The monoisotopic (exact) mass is 440 g/mol. The summed E-state index contributed by atoms with van der Waals surface area (Å²) in [7, 11) is 0. The summed E-state index contributed by atoms with van der Waals surface area (Å²) in [6, 6.07) is 16.6. The maximum absolute atomic E-state index is 12.9. The Hall–Kier alpha value is -3.46. The van der Waals surface area contributed by atoms with Crippen molar-refractivity contribution < 1.29 is 14.0 Å². The van der Waals surface area contributed by atoms with Crippen LogP contribution in [0.2, 0.25) is 0 Å². The molecular weight excluding hydrogens is 419 g/mol. The molecule has 0 aliphatic rings. The number of nitrogens with zero attached hydrogens (tertiary/aromatic N) is 1. The molecule has 9 heteroatoms. The molecule has 0 saturated heterocycles. The first-order valence-electron chi connectivity index (χ1n) is 9.53. The first-order valence-corrected chi connectivity index (χ1v) is 10.5. The van der Waals surface area contributed by atoms with Crippen LogP contribution in [0.5, 0.6) is 0 Å². The van der Waals surface area contributed by atoms with Gasteiger partial charge in [-0.15, -0.1) is 0 Å². The van der Waals surface area contributed by atoms with Gasteiger partial charge in [0.25, 0.3) is 5.56 Å². The average molecular weight is 441 g/mol. The molecule has 0 spiro atoms. The molecule has 0 radical (unpaired) electrons. The fraction of sp³-hybridized carbons (Fsp3) is 0.182. The first-order chi connectivity index (χ1) is 15.0. The van der Waals surface area contributed by atoms with Crippen molar-refractivity contribution in [2.24, 2.45) is 0 Å². The highest BCUT2D eigenvalue weighted by Crippen LogP contribution is 2.11. The third-order valence-corrected chi connectivity index (χ3v) is 5.06. The molecule has 160 valence electrons. The lowest BCUT2D eigenvalue weighted by Crippen LogP contribution is -2.26. The standard InChI is InChI=1S/C22H21FN4O3S/c23-17-8-6-16(7-9-17)13-25-21(30)14-31-22-26-18(11-20(29)27-22)10-19(28)24-12-15-4-2-1-3-5-15/h1-9,11H,10,12-14H2,(H,24,28)(H,25,30)(H,26,27,29). The van der Waals surface area contributed by atoms with E-state index in [0.29, 0.717) is 12.2 Å². The molecule has 2 aromatic carbocycles. The lowest BCUT2D eigenvalue weighted by atomic mass is 10.2. The summed E-state index contributed by atoms with van der Waals surface area (Å²) in [5.74, 6) is -0.819. The van der Waals surface area contributed by atoms with E-state index in [9.17, 15) is 18.8 Å². The number of carbonyl (C=O) groups excluding carboxylic acids is 2. The predicted molar refractivity (Wildman–Crippen MR) is 116 cm³/mol. The van der Waals surface area contributed by atoms with E-state index in [1.54, 1.807) is 12.1 Å². The molecular formula is C22H21FN4O3S. The summed E-state index contributed by atoms with van der Waals surface area (Å²) in [5, 5.41) is 5.76. The number of aromatic amines is 1. The normalized spacial score (nSPS) is 10.5. The van der Waals surface area contributed by atoms with E-state index in [1.807, 2.05) is 30.3 Å². The van der Waals surface area contributed by atoms with Gasteiger partial charge in [-0.1, -0.05) is 54.2 Å². The second-order valence-electron chi connectivity index (χ2n) is 6.67. The largest absolute Gasteiger partial charge is 0.352 e. The SMILES string of the molecule is O=C(CSc1nc(CC(=O)NCc2ccccc2)cc(=O)[nH]1)NCc1ccc(F)cc1. The molecule has 0 aliphatic heterocycles. The molecule has 0 bridgehead atoms. The van der Waals surface area contributed by atoms with Crippen LogP contribution in [0, 0.1) is 5.82 Å². The van der Waals surface area contributed by atoms with E-state index in [4.69, 9.17) is 0 Å². The van der Waals surface area contributed by atoms with Crippen LogP contribution in [0.25, 0.3) is 0 Å². The number of rotatable bonds is 9. The maximum Gasteiger partial charge on any atom is 0.251 e. The van der Waals surface area contributed by atoms with Gasteiger partial charge in [0.15, 0.2) is 5.16 Å². The summed E-state index contributed by atoms with van der Waals surface area (Å²) in [5.41, 5.74) is 1.67. The van der Waals surface area contributed by atoms with Gasteiger partial charge in [0.2, 0.25) is 11.8 Å². The molecule has 3 aromatic rings. The number of thioether (sulfide) groups is 1. The average Bonchev–Trinajstić information content (AvgIpc) is 2.76. The van der Waals surface area contributed by atoms with Crippen LogP contribution >= 0.6 is 11.8 Å². The molecule has 31 heavy (non-hydrogen) atoms. The molecule has 0 saturated carbocycles. The molecule has 7 nitrogen and oxygen atoms in total. The second-order valence-corrected chi connectivity index (χ2v) is 7.64. The lowest BCUT2D eigenvalue weighted by Gasteiger charge is -2.07. The van der Waals surface area contributed by atoms with Crippen LogP contribution in [0.1, 0.15) is 16.8 Å². The Kier molecular flexibility index (Phi) is 7.94. The molecule has 3 rings (SSSR count). The number of amides is 2. The number of hydrogen-bond acceptors (Lipinski definition) is 5. The number of H-pyrrole nitrogens is 1. The smallest absolute Gasteiger partial charge is 0.251 e. The maximum atomic E-state index is 12.9. The number of hydrogen-bond donors (Lipinski definition) is 3. The van der Waals surface area contributed by atoms with Gasteiger partial charge in [-0.25, -0.2) is 9.37 Å². The van der Waals surface area contributed by atoms with Crippen molar-refractivity contribution in [3.63, 3.8) is 0 Å². The highest BCUT2D eigenvalue weighted by Gasteiger charge is 2.10. The van der Waals surface area contributed by atoms with Gasteiger partial charge in [0.1, 0.15) is 5.82 Å². The van der Waals surface area contributed by atoms with Crippen LogP contribution in [0.4, 0.5) is 4.39 Å². The van der Waals surface area contributed by atoms with E-state index in [1.165, 1.54) is 18.2 Å². The number of carbonyl (C=O) groups is 2. The lowest BCUT2D eigenvalue weighted by molar-refractivity contribution is -0.121. The Balaban J connectivity index is 1.48. The minimum absolute atomic E-state index is 0.0355. The molecule has 0 unspecified atom stereocenters. The highest BCUT2D eigenvalue weighted by molar-refractivity contribution is 7.99. The van der Waals surface area contributed by atoms with E-state index in [-0.39, 0.29) is 41.5 Å². The first kappa shape index (κ1) is 22.2. The third-order valence-electron chi connectivity index (χ3n) is 4.19. The van der Waals surface area contributed by atoms with E-state index in [2.05, 4.69) is 20.6 Å². The van der Waals surface area contributed by atoms with Gasteiger partial charge >= 0.3 is 0 Å². The Labute approximate surface area is 182 Å². The van der Waals surface area contributed by atoms with Crippen molar-refractivity contribution >= 4 is 23.6 Å². The Morgan fingerprint density at radius 3 is 2.29 bits per heavy atom. The molecule has 1 aromatic heterocycles. The number of aromatic nitrogens is 2. The number of nitrogens with one attached hydrogen (secondary N) is 3. The van der Waals surface area contributed by atoms with Crippen LogP contribution in [0.3, 0.4) is 0 Å². The van der Waals surface area contributed by atoms with Crippen LogP contribution < -0.4 is 16.2 Å². The highest BCUT2D eigenvalue weighted by atomic mass is 32.2. The quantitative estimate of drug-likeness (QED) is 0.350. The summed E-state index contributed by atoms with van der Waals surface area (Å²) in [6.45, 7) is 0.657. The van der Waals surface area contributed by atoms with E-state index < -0.39 is 5.56 Å². The van der Waals surface area contributed by atoms with Gasteiger partial charge in [0, 0.05) is 19.2 Å². The van der Waals surface area contributed by atoms with Gasteiger partial charge < -0.3 is 15.6 Å². The summed E-state index contributed by atoms with van der Waals surface area (Å²) in [6.07, 6.45) is -0.0406. The Bertz CT molecular complexity index is 1090. The fourth-order valence-electron chi connectivity index (χ4n) is 2.65. The Morgan fingerprint density at radius 2 is 1.58 bits per heavy atom.